The molecule has 9 heavy (non-hydrogen) atoms. The molecule has 1 fully saturated rings. The van der Waals surface area contributed by atoms with Crippen molar-refractivity contribution in [2.75, 3.05) is 6.54 Å². The van der Waals surface area contributed by atoms with E-state index in [1.807, 2.05) is 0 Å². The third kappa shape index (κ3) is 2.67. The van der Waals surface area contributed by atoms with E-state index >= 15 is 0 Å². The minimum absolute atomic E-state index is 0. The molecule has 1 aliphatic heterocycles. The van der Waals surface area contributed by atoms with Crippen LogP contribution in [-0.2, 0) is 4.79 Å². The standard InChI is InChI=1S/C5H9NO2.Na.H/c7-5(8)4-2-1-3-6-4;;/h4,6H,1-3H2,(H,7,8);;/t4-;;/m0../s1. The topological polar surface area (TPSA) is 49.3 Å². The zero-order valence-corrected chi connectivity index (χ0v) is 4.55. The zero-order chi connectivity index (χ0) is 5.98. The van der Waals surface area contributed by atoms with Gasteiger partial charge in [0.05, 0.1) is 0 Å². The molecule has 1 aliphatic rings. The van der Waals surface area contributed by atoms with Gasteiger partial charge in [0.25, 0.3) is 0 Å². The molecule has 4 heteroatoms. The first-order chi connectivity index (χ1) is 3.80. The fraction of sp³-hybridized carbons (Fsp3) is 0.800. The summed E-state index contributed by atoms with van der Waals surface area (Å²) in [5, 5.41) is 11.2. The first kappa shape index (κ1) is 9.43. The molecule has 1 saturated heterocycles. The maximum absolute atomic E-state index is 10.1. The normalized spacial score (nSPS) is 25.1. The van der Waals surface area contributed by atoms with E-state index in [4.69, 9.17) is 5.11 Å². The van der Waals surface area contributed by atoms with Crippen molar-refractivity contribution < 1.29 is 9.90 Å². The van der Waals surface area contributed by atoms with Gasteiger partial charge in [-0.3, -0.25) is 4.79 Å². The third-order valence-electron chi connectivity index (χ3n) is 1.36. The molecule has 0 spiro atoms. The molecule has 0 aliphatic carbocycles. The molecule has 2 N–H and O–H groups in total. The number of carboxylic acid groups (broad SMARTS) is 1. The van der Waals surface area contributed by atoms with Crippen LogP contribution in [0.4, 0.5) is 0 Å². The predicted molar refractivity (Wildman–Crippen MR) is 35.8 cm³/mol. The number of carboxylic acids is 1. The second-order valence-electron chi connectivity index (χ2n) is 1.99. The zero-order valence-electron chi connectivity index (χ0n) is 4.55. The van der Waals surface area contributed by atoms with Crippen LogP contribution >= 0.6 is 0 Å². The average Bonchev–Trinajstić information content (AvgIpc) is 2.12. The SMILES string of the molecule is O=C(O)[C@@H]1CCCN1.[NaH]. The van der Waals surface area contributed by atoms with Crippen LogP contribution in [0.5, 0.6) is 0 Å². The van der Waals surface area contributed by atoms with Crippen molar-refractivity contribution in [2.24, 2.45) is 0 Å². The molecule has 0 aromatic heterocycles. The van der Waals surface area contributed by atoms with E-state index < -0.39 is 5.97 Å². The number of hydrogen-bond acceptors (Lipinski definition) is 2. The summed E-state index contributed by atoms with van der Waals surface area (Å²) >= 11 is 0. The second kappa shape index (κ2) is 4.28. The predicted octanol–water partition coefficient (Wildman–Crippen LogP) is -0.826. The maximum atomic E-state index is 10.1. The molecule has 3 nitrogen and oxygen atoms in total. The summed E-state index contributed by atoms with van der Waals surface area (Å²) in [6, 6.07) is -0.269. The average molecular weight is 139 g/mol. The molecule has 0 amide bonds. The van der Waals surface area contributed by atoms with Crippen LogP contribution in [0.25, 0.3) is 0 Å². The van der Waals surface area contributed by atoms with E-state index in [1.54, 1.807) is 0 Å². The van der Waals surface area contributed by atoms with Gasteiger partial charge in [-0.15, -0.1) is 0 Å². The van der Waals surface area contributed by atoms with Gasteiger partial charge in [-0.2, -0.15) is 0 Å². The fourth-order valence-corrected chi connectivity index (χ4v) is 0.895. The van der Waals surface area contributed by atoms with E-state index in [0.717, 1.165) is 19.4 Å². The Hall–Kier alpha value is 0.430. The molecule has 0 aromatic carbocycles. The van der Waals surface area contributed by atoms with E-state index in [2.05, 4.69) is 5.32 Å². The van der Waals surface area contributed by atoms with Crippen molar-refractivity contribution in [1.29, 1.82) is 0 Å². The van der Waals surface area contributed by atoms with E-state index in [0.29, 0.717) is 0 Å². The van der Waals surface area contributed by atoms with Crippen molar-refractivity contribution in [3.63, 3.8) is 0 Å². The number of nitrogens with one attached hydrogen (secondary N) is 1. The van der Waals surface area contributed by atoms with Crippen LogP contribution in [0.15, 0.2) is 0 Å². The van der Waals surface area contributed by atoms with Gasteiger partial charge in [0.1, 0.15) is 6.04 Å². The van der Waals surface area contributed by atoms with Gasteiger partial charge in [-0.25, -0.2) is 0 Å². The Balaban J connectivity index is 0.000000640. The summed E-state index contributed by atoms with van der Waals surface area (Å²) in [7, 11) is 0. The molecular formula is C5H10NNaO2. The summed E-state index contributed by atoms with van der Waals surface area (Å²) in [5.74, 6) is -0.720. The van der Waals surface area contributed by atoms with Crippen LogP contribution in [0.2, 0.25) is 0 Å². The summed E-state index contributed by atoms with van der Waals surface area (Å²) in [6.45, 7) is 0.858. The number of aliphatic carboxylic acids is 1. The quantitative estimate of drug-likeness (QED) is 0.466. The van der Waals surface area contributed by atoms with Crippen LogP contribution < -0.4 is 5.32 Å². The van der Waals surface area contributed by atoms with Gasteiger partial charge in [0.15, 0.2) is 0 Å². The molecule has 0 radical (unpaired) electrons. The van der Waals surface area contributed by atoms with Gasteiger partial charge >= 0.3 is 35.5 Å². The van der Waals surface area contributed by atoms with Gasteiger partial charge in [0, 0.05) is 0 Å². The molecule has 48 valence electrons. The molecule has 1 heterocycles. The van der Waals surface area contributed by atoms with Crippen molar-refractivity contribution in [3.8, 4) is 0 Å². The Morgan fingerprint density at radius 1 is 1.67 bits per heavy atom. The van der Waals surface area contributed by atoms with Gasteiger partial charge in [0.2, 0.25) is 0 Å². The summed E-state index contributed by atoms with van der Waals surface area (Å²) in [4.78, 5) is 10.1. The van der Waals surface area contributed by atoms with E-state index in [1.165, 1.54) is 0 Å². The fourth-order valence-electron chi connectivity index (χ4n) is 0.895. The Labute approximate surface area is 76.1 Å². The van der Waals surface area contributed by atoms with Crippen LogP contribution in [-0.4, -0.2) is 53.2 Å². The Morgan fingerprint density at radius 3 is 2.56 bits per heavy atom. The molecule has 0 aromatic rings. The second-order valence-corrected chi connectivity index (χ2v) is 1.99. The van der Waals surface area contributed by atoms with Gasteiger partial charge in [-0.1, -0.05) is 0 Å². The van der Waals surface area contributed by atoms with Crippen molar-refractivity contribution in [1.82, 2.24) is 5.32 Å². The third-order valence-corrected chi connectivity index (χ3v) is 1.36. The Morgan fingerprint density at radius 2 is 2.33 bits per heavy atom. The summed E-state index contributed by atoms with van der Waals surface area (Å²) in [5.41, 5.74) is 0. The molecular weight excluding hydrogens is 129 g/mol. The van der Waals surface area contributed by atoms with Gasteiger partial charge in [-0.05, 0) is 19.4 Å². The van der Waals surface area contributed by atoms with Crippen LogP contribution in [0, 0.1) is 0 Å². The Bertz CT molecular complexity index is 101. The molecule has 0 unspecified atom stereocenters. The minimum atomic E-state index is -0.720. The summed E-state index contributed by atoms with van der Waals surface area (Å²) in [6.07, 6.45) is 1.78. The van der Waals surface area contributed by atoms with Crippen LogP contribution in [0.3, 0.4) is 0 Å². The summed E-state index contributed by atoms with van der Waals surface area (Å²) < 4.78 is 0. The van der Waals surface area contributed by atoms with Crippen molar-refractivity contribution in [3.05, 3.63) is 0 Å². The first-order valence-corrected chi connectivity index (χ1v) is 2.77. The van der Waals surface area contributed by atoms with E-state index in [-0.39, 0.29) is 35.6 Å². The Kier molecular flexibility index (Phi) is 4.48. The molecule has 1 rings (SSSR count). The molecule has 0 saturated carbocycles. The van der Waals surface area contributed by atoms with Gasteiger partial charge < -0.3 is 10.4 Å². The van der Waals surface area contributed by atoms with E-state index in [9.17, 15) is 4.79 Å². The molecule has 0 bridgehead atoms. The monoisotopic (exact) mass is 139 g/mol. The van der Waals surface area contributed by atoms with Crippen molar-refractivity contribution in [2.45, 2.75) is 18.9 Å². The number of rotatable bonds is 1. The first-order valence-electron chi connectivity index (χ1n) is 2.77. The van der Waals surface area contributed by atoms with Crippen molar-refractivity contribution >= 4 is 35.5 Å². The van der Waals surface area contributed by atoms with Crippen LogP contribution in [0.1, 0.15) is 12.8 Å². The number of carbonyl (C=O) groups is 1. The molecule has 1 atom stereocenters. The number of hydrogen-bond donors (Lipinski definition) is 2.